The Morgan fingerprint density at radius 2 is 2.06 bits per heavy atom. The van der Waals surface area contributed by atoms with Crippen molar-refractivity contribution in [2.24, 2.45) is 5.92 Å². The van der Waals surface area contributed by atoms with Crippen LogP contribution >= 0.6 is 0 Å². The van der Waals surface area contributed by atoms with Gasteiger partial charge < -0.3 is 14.5 Å². The number of hydrogen-bond acceptors (Lipinski definition) is 3. The minimum atomic E-state index is -0.173. The van der Waals surface area contributed by atoms with Crippen molar-refractivity contribution in [3.8, 4) is 0 Å². The fourth-order valence-corrected chi connectivity index (χ4v) is 2.58. The van der Waals surface area contributed by atoms with Gasteiger partial charge in [-0.25, -0.2) is 4.79 Å². The molecule has 0 unspecified atom stereocenters. The van der Waals surface area contributed by atoms with Crippen LogP contribution in [0.4, 0.5) is 4.79 Å². The SMILES string of the molecule is CCC1CCN(C[C@@H]2COC(=O)N2C)CC1. The van der Waals surface area contributed by atoms with Gasteiger partial charge in [0.1, 0.15) is 6.61 Å². The molecular weight excluding hydrogens is 204 g/mol. The van der Waals surface area contributed by atoms with Crippen molar-refractivity contribution in [1.29, 1.82) is 0 Å². The molecule has 1 amide bonds. The minimum Gasteiger partial charge on any atom is -0.447 e. The summed E-state index contributed by atoms with van der Waals surface area (Å²) in [4.78, 5) is 15.4. The third-order valence-electron chi connectivity index (χ3n) is 3.99. The second-order valence-electron chi connectivity index (χ2n) is 4.99. The zero-order chi connectivity index (χ0) is 11.5. The Balaban J connectivity index is 1.76. The molecule has 0 aromatic rings. The van der Waals surface area contributed by atoms with Crippen LogP contribution in [0.25, 0.3) is 0 Å². The van der Waals surface area contributed by atoms with Crippen molar-refractivity contribution in [2.45, 2.75) is 32.2 Å². The van der Waals surface area contributed by atoms with E-state index in [0.29, 0.717) is 6.61 Å². The molecule has 4 heteroatoms. The van der Waals surface area contributed by atoms with Gasteiger partial charge in [0.25, 0.3) is 0 Å². The third kappa shape index (κ3) is 2.48. The predicted octanol–water partition coefficient (Wildman–Crippen LogP) is 1.56. The van der Waals surface area contributed by atoms with Gasteiger partial charge in [-0.1, -0.05) is 13.3 Å². The number of hydrogen-bond donors (Lipinski definition) is 0. The number of cyclic esters (lactones) is 1. The van der Waals surface area contributed by atoms with Crippen molar-refractivity contribution >= 4 is 6.09 Å². The lowest BCUT2D eigenvalue weighted by Crippen LogP contribution is -2.44. The molecule has 2 rings (SSSR count). The Morgan fingerprint density at radius 1 is 1.38 bits per heavy atom. The lowest BCUT2D eigenvalue weighted by molar-refractivity contribution is 0.148. The van der Waals surface area contributed by atoms with Gasteiger partial charge in [-0.3, -0.25) is 0 Å². The van der Waals surface area contributed by atoms with Gasteiger partial charge in [-0.05, 0) is 31.8 Å². The third-order valence-corrected chi connectivity index (χ3v) is 3.99. The number of likely N-dealkylation sites (tertiary alicyclic amines) is 1. The minimum absolute atomic E-state index is 0.173. The summed E-state index contributed by atoms with van der Waals surface area (Å²) >= 11 is 0. The highest BCUT2D eigenvalue weighted by Crippen LogP contribution is 2.21. The molecule has 2 aliphatic rings. The van der Waals surface area contributed by atoms with Crippen LogP contribution in [-0.2, 0) is 4.74 Å². The number of nitrogens with zero attached hydrogens (tertiary/aromatic N) is 2. The number of carbonyl (C=O) groups excluding carboxylic acids is 1. The molecule has 1 atom stereocenters. The number of carbonyl (C=O) groups is 1. The van der Waals surface area contributed by atoms with E-state index in [0.717, 1.165) is 12.5 Å². The second-order valence-corrected chi connectivity index (χ2v) is 4.99. The molecule has 4 nitrogen and oxygen atoms in total. The quantitative estimate of drug-likeness (QED) is 0.732. The molecule has 2 fully saturated rings. The average Bonchev–Trinajstić information content (AvgIpc) is 2.62. The smallest absolute Gasteiger partial charge is 0.409 e. The maximum absolute atomic E-state index is 11.2. The summed E-state index contributed by atoms with van der Waals surface area (Å²) in [5, 5.41) is 0. The number of amides is 1. The van der Waals surface area contributed by atoms with Crippen LogP contribution in [0.1, 0.15) is 26.2 Å². The average molecular weight is 226 g/mol. The number of piperidine rings is 1. The van der Waals surface area contributed by atoms with E-state index in [-0.39, 0.29) is 12.1 Å². The molecule has 2 heterocycles. The molecule has 2 saturated heterocycles. The Bertz CT molecular complexity index is 249. The zero-order valence-electron chi connectivity index (χ0n) is 10.3. The van der Waals surface area contributed by atoms with Crippen LogP contribution in [0.2, 0.25) is 0 Å². The molecule has 2 aliphatic heterocycles. The number of likely N-dealkylation sites (N-methyl/N-ethyl adjacent to an activating group) is 1. The van der Waals surface area contributed by atoms with Crippen LogP contribution < -0.4 is 0 Å². The second kappa shape index (κ2) is 5.04. The molecule has 0 aliphatic carbocycles. The van der Waals surface area contributed by atoms with Gasteiger partial charge in [-0.2, -0.15) is 0 Å². The van der Waals surface area contributed by atoms with Gasteiger partial charge in [0, 0.05) is 13.6 Å². The normalized spacial score (nSPS) is 28.5. The molecule has 0 saturated carbocycles. The Kier molecular flexibility index (Phi) is 3.69. The van der Waals surface area contributed by atoms with E-state index in [2.05, 4.69) is 11.8 Å². The first-order valence-electron chi connectivity index (χ1n) is 6.32. The first-order valence-corrected chi connectivity index (χ1v) is 6.32. The Labute approximate surface area is 97.5 Å². The predicted molar refractivity (Wildman–Crippen MR) is 62.4 cm³/mol. The number of ether oxygens (including phenoxy) is 1. The molecule has 16 heavy (non-hydrogen) atoms. The summed E-state index contributed by atoms with van der Waals surface area (Å²) in [6, 6.07) is 0.255. The molecule has 0 bridgehead atoms. The molecule has 0 aromatic carbocycles. The monoisotopic (exact) mass is 226 g/mol. The van der Waals surface area contributed by atoms with E-state index < -0.39 is 0 Å². The zero-order valence-corrected chi connectivity index (χ0v) is 10.3. The Hall–Kier alpha value is -0.770. The van der Waals surface area contributed by atoms with Crippen molar-refractivity contribution in [3.63, 3.8) is 0 Å². The molecular formula is C12H22N2O2. The van der Waals surface area contributed by atoms with E-state index in [1.165, 1.54) is 32.4 Å². The van der Waals surface area contributed by atoms with E-state index >= 15 is 0 Å². The van der Waals surface area contributed by atoms with Gasteiger partial charge >= 0.3 is 6.09 Å². The lowest BCUT2D eigenvalue weighted by Gasteiger charge is -2.33. The molecule has 92 valence electrons. The van der Waals surface area contributed by atoms with Crippen LogP contribution in [0.3, 0.4) is 0 Å². The van der Waals surface area contributed by atoms with Gasteiger partial charge in [-0.15, -0.1) is 0 Å². The number of rotatable bonds is 3. The fraction of sp³-hybridized carbons (Fsp3) is 0.917. The largest absolute Gasteiger partial charge is 0.447 e. The van der Waals surface area contributed by atoms with Crippen LogP contribution in [0, 0.1) is 5.92 Å². The van der Waals surface area contributed by atoms with Crippen molar-refractivity contribution in [1.82, 2.24) is 9.80 Å². The summed E-state index contributed by atoms with van der Waals surface area (Å²) in [6.07, 6.45) is 3.75. The van der Waals surface area contributed by atoms with E-state index in [1.54, 1.807) is 4.90 Å². The molecule has 0 N–H and O–H groups in total. The van der Waals surface area contributed by atoms with Crippen molar-refractivity contribution in [2.75, 3.05) is 33.3 Å². The van der Waals surface area contributed by atoms with Gasteiger partial charge in [0.05, 0.1) is 6.04 Å². The molecule has 0 spiro atoms. The highest BCUT2D eigenvalue weighted by Gasteiger charge is 2.31. The highest BCUT2D eigenvalue weighted by molar-refractivity contribution is 5.69. The summed E-state index contributed by atoms with van der Waals surface area (Å²) in [7, 11) is 1.83. The molecule has 0 aromatic heterocycles. The summed E-state index contributed by atoms with van der Waals surface area (Å²) < 4.78 is 5.02. The van der Waals surface area contributed by atoms with Crippen LogP contribution in [0.15, 0.2) is 0 Å². The topological polar surface area (TPSA) is 32.8 Å². The maximum Gasteiger partial charge on any atom is 0.409 e. The van der Waals surface area contributed by atoms with Crippen molar-refractivity contribution < 1.29 is 9.53 Å². The fourth-order valence-electron chi connectivity index (χ4n) is 2.58. The van der Waals surface area contributed by atoms with E-state index in [4.69, 9.17) is 4.74 Å². The molecule has 0 radical (unpaired) electrons. The van der Waals surface area contributed by atoms with E-state index in [1.807, 2.05) is 7.05 Å². The van der Waals surface area contributed by atoms with Crippen LogP contribution in [0.5, 0.6) is 0 Å². The van der Waals surface area contributed by atoms with E-state index in [9.17, 15) is 4.79 Å². The van der Waals surface area contributed by atoms with Crippen LogP contribution in [-0.4, -0.2) is 55.2 Å². The standard InChI is InChI=1S/C12H22N2O2/c1-3-10-4-6-14(7-5-10)8-11-9-16-12(15)13(11)2/h10-11H,3-9H2,1-2H3/t11-/m1/s1. The highest BCUT2D eigenvalue weighted by atomic mass is 16.6. The maximum atomic E-state index is 11.2. The first kappa shape index (κ1) is 11.7. The summed E-state index contributed by atoms with van der Waals surface area (Å²) in [5.74, 6) is 0.912. The van der Waals surface area contributed by atoms with Crippen molar-refractivity contribution in [3.05, 3.63) is 0 Å². The lowest BCUT2D eigenvalue weighted by atomic mass is 9.94. The van der Waals surface area contributed by atoms with Gasteiger partial charge in [0.15, 0.2) is 0 Å². The summed E-state index contributed by atoms with van der Waals surface area (Å²) in [5.41, 5.74) is 0. The Morgan fingerprint density at radius 3 is 2.56 bits per heavy atom. The summed E-state index contributed by atoms with van der Waals surface area (Å²) in [6.45, 7) is 6.16. The van der Waals surface area contributed by atoms with Gasteiger partial charge in [0.2, 0.25) is 0 Å². The first-order chi connectivity index (χ1) is 7.70.